The minimum absolute atomic E-state index is 0.247. The van der Waals surface area contributed by atoms with Crippen LogP contribution in [0.2, 0.25) is 0 Å². The van der Waals surface area contributed by atoms with Crippen LogP contribution in [-0.4, -0.2) is 17.5 Å². The lowest BCUT2D eigenvalue weighted by Gasteiger charge is -2.06. The third-order valence-corrected chi connectivity index (χ3v) is 3.31. The van der Waals surface area contributed by atoms with Gasteiger partial charge in [-0.25, -0.2) is 4.39 Å². The van der Waals surface area contributed by atoms with Crippen molar-refractivity contribution in [2.75, 3.05) is 17.6 Å². The topological polar surface area (TPSA) is 24.4 Å². The number of hydrogen-bond donors (Lipinski definition) is 1. The standard InChI is InChI=1S/C9H8BrFN2S/c10-7-5-6(11)1-2-8(7)13-9-12-3-4-14-9/h1-2,5H,3-4H2,(H,12,13). The number of amidine groups is 1. The predicted octanol–water partition coefficient (Wildman–Crippen LogP) is 3.10. The third-order valence-electron chi connectivity index (χ3n) is 1.76. The van der Waals surface area contributed by atoms with Crippen LogP contribution in [0.3, 0.4) is 0 Å². The molecule has 0 aliphatic carbocycles. The molecule has 2 nitrogen and oxygen atoms in total. The van der Waals surface area contributed by atoms with Crippen LogP contribution in [0.4, 0.5) is 10.1 Å². The van der Waals surface area contributed by atoms with Gasteiger partial charge >= 0.3 is 0 Å². The molecule has 74 valence electrons. The van der Waals surface area contributed by atoms with Gasteiger partial charge in [-0.3, -0.25) is 4.99 Å². The van der Waals surface area contributed by atoms with Crippen LogP contribution in [0.5, 0.6) is 0 Å². The molecule has 0 atom stereocenters. The molecule has 1 aromatic carbocycles. The monoisotopic (exact) mass is 274 g/mol. The predicted molar refractivity (Wildman–Crippen MR) is 62.5 cm³/mol. The number of hydrogen-bond acceptors (Lipinski definition) is 3. The van der Waals surface area contributed by atoms with Crippen LogP contribution >= 0.6 is 27.7 Å². The van der Waals surface area contributed by atoms with Gasteiger partial charge in [-0.1, -0.05) is 11.8 Å². The summed E-state index contributed by atoms with van der Waals surface area (Å²) < 4.78 is 13.5. The molecule has 1 aliphatic rings. The second kappa shape index (κ2) is 4.31. The van der Waals surface area contributed by atoms with E-state index in [0.717, 1.165) is 23.2 Å². The summed E-state index contributed by atoms with van der Waals surface area (Å²) in [5.41, 5.74) is 0.847. The molecule has 0 saturated heterocycles. The summed E-state index contributed by atoms with van der Waals surface area (Å²) in [6.07, 6.45) is 0. The number of nitrogens with zero attached hydrogens (tertiary/aromatic N) is 1. The Balaban J connectivity index is 2.16. The zero-order valence-corrected chi connectivity index (χ0v) is 9.66. The van der Waals surface area contributed by atoms with Gasteiger partial charge in [-0.15, -0.1) is 0 Å². The van der Waals surface area contributed by atoms with E-state index in [-0.39, 0.29) is 5.82 Å². The summed E-state index contributed by atoms with van der Waals surface area (Å²) >= 11 is 4.96. The highest BCUT2D eigenvalue weighted by atomic mass is 79.9. The zero-order valence-electron chi connectivity index (χ0n) is 7.26. The van der Waals surface area contributed by atoms with Crippen molar-refractivity contribution in [1.82, 2.24) is 0 Å². The number of halogens is 2. The van der Waals surface area contributed by atoms with Crippen molar-refractivity contribution in [2.45, 2.75) is 0 Å². The number of benzene rings is 1. The summed E-state index contributed by atoms with van der Waals surface area (Å²) in [5.74, 6) is 0.768. The SMILES string of the molecule is Fc1ccc(NC2=NCCS2)c(Br)c1. The molecule has 0 radical (unpaired) electrons. The summed E-state index contributed by atoms with van der Waals surface area (Å²) in [4.78, 5) is 4.25. The molecule has 1 heterocycles. The third kappa shape index (κ3) is 2.27. The molecule has 0 fully saturated rings. The second-order valence-corrected chi connectivity index (χ2v) is 4.72. The first kappa shape index (κ1) is 9.98. The van der Waals surface area contributed by atoms with E-state index in [9.17, 15) is 4.39 Å². The van der Waals surface area contributed by atoms with Crippen LogP contribution in [0.15, 0.2) is 27.7 Å². The van der Waals surface area contributed by atoms with Gasteiger partial charge in [0.25, 0.3) is 0 Å². The fraction of sp³-hybridized carbons (Fsp3) is 0.222. The highest BCUT2D eigenvalue weighted by Crippen LogP contribution is 2.25. The molecule has 0 unspecified atom stereocenters. The average Bonchev–Trinajstić information content (AvgIpc) is 2.62. The van der Waals surface area contributed by atoms with Crippen LogP contribution < -0.4 is 5.32 Å². The van der Waals surface area contributed by atoms with Crippen molar-refractivity contribution >= 4 is 38.5 Å². The first-order chi connectivity index (χ1) is 6.75. The Hall–Kier alpha value is -0.550. The number of aliphatic imine (C=N–C) groups is 1. The minimum Gasteiger partial charge on any atom is -0.334 e. The average molecular weight is 275 g/mol. The molecule has 2 rings (SSSR count). The zero-order chi connectivity index (χ0) is 9.97. The largest absolute Gasteiger partial charge is 0.334 e. The van der Waals surface area contributed by atoms with Crippen molar-refractivity contribution in [3.8, 4) is 0 Å². The number of anilines is 1. The molecule has 1 aliphatic heterocycles. The molecule has 0 aromatic heterocycles. The maximum Gasteiger partial charge on any atom is 0.161 e. The molecule has 5 heteroatoms. The summed E-state index contributed by atoms with van der Waals surface area (Å²) in [6.45, 7) is 0.853. The number of nitrogens with one attached hydrogen (secondary N) is 1. The van der Waals surface area contributed by atoms with E-state index in [1.807, 2.05) is 0 Å². The summed E-state index contributed by atoms with van der Waals surface area (Å²) in [6, 6.07) is 4.55. The van der Waals surface area contributed by atoms with Crippen LogP contribution in [0.1, 0.15) is 0 Å². The van der Waals surface area contributed by atoms with Gasteiger partial charge in [0.1, 0.15) is 5.82 Å². The highest BCUT2D eigenvalue weighted by Gasteiger charge is 2.08. The van der Waals surface area contributed by atoms with Crippen molar-refractivity contribution in [2.24, 2.45) is 4.99 Å². The van der Waals surface area contributed by atoms with E-state index in [4.69, 9.17) is 0 Å². The van der Waals surface area contributed by atoms with Crippen LogP contribution in [0.25, 0.3) is 0 Å². The minimum atomic E-state index is -0.247. The van der Waals surface area contributed by atoms with Gasteiger partial charge in [0.2, 0.25) is 0 Å². The molecule has 0 spiro atoms. The number of rotatable bonds is 1. The van der Waals surface area contributed by atoms with Crippen molar-refractivity contribution < 1.29 is 4.39 Å². The molecular weight excluding hydrogens is 267 g/mol. The molecule has 0 amide bonds. The highest BCUT2D eigenvalue weighted by molar-refractivity contribution is 9.10. The van der Waals surface area contributed by atoms with E-state index in [1.54, 1.807) is 17.8 Å². The second-order valence-electron chi connectivity index (χ2n) is 2.78. The quantitative estimate of drug-likeness (QED) is 0.851. The Bertz CT molecular complexity index is 381. The van der Waals surface area contributed by atoms with Gasteiger partial charge in [-0.05, 0) is 34.1 Å². The van der Waals surface area contributed by atoms with Gasteiger partial charge in [-0.2, -0.15) is 0 Å². The van der Waals surface area contributed by atoms with Crippen LogP contribution in [0, 0.1) is 5.82 Å². The molecule has 14 heavy (non-hydrogen) atoms. The molecule has 0 bridgehead atoms. The fourth-order valence-electron chi connectivity index (χ4n) is 1.12. The van der Waals surface area contributed by atoms with Gasteiger partial charge < -0.3 is 5.32 Å². The van der Waals surface area contributed by atoms with Gasteiger partial charge in [0.15, 0.2) is 5.17 Å². The normalized spacial score (nSPS) is 15.4. The van der Waals surface area contributed by atoms with Crippen molar-refractivity contribution in [1.29, 1.82) is 0 Å². The Labute approximate surface area is 94.1 Å². The Morgan fingerprint density at radius 2 is 2.36 bits per heavy atom. The summed E-state index contributed by atoms with van der Waals surface area (Å²) in [7, 11) is 0. The van der Waals surface area contributed by atoms with Gasteiger partial charge in [0.05, 0.1) is 12.2 Å². The van der Waals surface area contributed by atoms with Crippen LogP contribution in [-0.2, 0) is 0 Å². The van der Waals surface area contributed by atoms with E-state index in [0.29, 0.717) is 4.47 Å². The Morgan fingerprint density at radius 3 is 3.00 bits per heavy atom. The lowest BCUT2D eigenvalue weighted by atomic mass is 10.3. The Kier molecular flexibility index (Phi) is 3.08. The van der Waals surface area contributed by atoms with E-state index in [1.165, 1.54) is 12.1 Å². The van der Waals surface area contributed by atoms with E-state index >= 15 is 0 Å². The van der Waals surface area contributed by atoms with Crippen molar-refractivity contribution in [3.05, 3.63) is 28.5 Å². The molecular formula is C9H8BrFN2S. The Morgan fingerprint density at radius 1 is 1.50 bits per heavy atom. The molecule has 1 aromatic rings. The first-order valence-electron chi connectivity index (χ1n) is 4.15. The summed E-state index contributed by atoms with van der Waals surface area (Å²) in [5, 5.41) is 4.04. The van der Waals surface area contributed by atoms with E-state index < -0.39 is 0 Å². The van der Waals surface area contributed by atoms with Crippen molar-refractivity contribution in [3.63, 3.8) is 0 Å². The fourth-order valence-corrected chi connectivity index (χ4v) is 2.31. The van der Waals surface area contributed by atoms with Gasteiger partial charge in [0, 0.05) is 10.2 Å². The molecule has 1 N–H and O–H groups in total. The lowest BCUT2D eigenvalue weighted by molar-refractivity contribution is 0.627. The smallest absolute Gasteiger partial charge is 0.161 e. The first-order valence-corrected chi connectivity index (χ1v) is 5.93. The maximum absolute atomic E-state index is 12.8. The van der Waals surface area contributed by atoms with E-state index in [2.05, 4.69) is 26.2 Å². The molecule has 0 saturated carbocycles. The number of thioether (sulfide) groups is 1. The maximum atomic E-state index is 12.8. The lowest BCUT2D eigenvalue weighted by Crippen LogP contribution is -2.05.